The quantitative estimate of drug-likeness (QED) is 0.801. The zero-order valence-electron chi connectivity index (χ0n) is 10.6. The van der Waals surface area contributed by atoms with Crippen molar-refractivity contribution in [3.05, 3.63) is 53.7 Å². The molecular formula is C14H11N3O2S. The number of hydrogen-bond acceptors (Lipinski definition) is 4. The first kappa shape index (κ1) is 12.7. The van der Waals surface area contributed by atoms with Crippen LogP contribution in [-0.2, 0) is 0 Å². The van der Waals surface area contributed by atoms with Crippen molar-refractivity contribution in [2.45, 2.75) is 17.0 Å². The maximum atomic E-state index is 11.0. The summed E-state index contributed by atoms with van der Waals surface area (Å²) in [6.07, 6.45) is 1.90. The summed E-state index contributed by atoms with van der Waals surface area (Å²) in [4.78, 5) is 11.9. The van der Waals surface area contributed by atoms with Crippen LogP contribution >= 0.6 is 11.8 Å². The Morgan fingerprint density at radius 2 is 2.10 bits per heavy atom. The Balaban J connectivity index is 1.95. The SMILES string of the molecule is Cc1cc(Sc2nnc3ccccn23)ccc1C(=O)O. The van der Waals surface area contributed by atoms with E-state index in [0.717, 1.165) is 21.3 Å². The molecule has 6 heteroatoms. The van der Waals surface area contributed by atoms with E-state index in [2.05, 4.69) is 10.2 Å². The average Bonchev–Trinajstić information content (AvgIpc) is 2.82. The molecule has 0 amide bonds. The lowest BCUT2D eigenvalue weighted by Gasteiger charge is -2.04. The van der Waals surface area contributed by atoms with Crippen LogP contribution in [0.3, 0.4) is 0 Å². The number of nitrogens with zero attached hydrogens (tertiary/aromatic N) is 3. The van der Waals surface area contributed by atoms with Gasteiger partial charge in [-0.15, -0.1) is 10.2 Å². The van der Waals surface area contributed by atoms with E-state index in [-0.39, 0.29) is 0 Å². The first-order valence-electron chi connectivity index (χ1n) is 5.97. The molecule has 0 fully saturated rings. The molecule has 0 atom stereocenters. The molecule has 2 heterocycles. The van der Waals surface area contributed by atoms with E-state index in [4.69, 9.17) is 5.11 Å². The largest absolute Gasteiger partial charge is 0.478 e. The molecule has 0 aliphatic heterocycles. The fourth-order valence-electron chi connectivity index (χ4n) is 1.93. The Morgan fingerprint density at radius 1 is 1.25 bits per heavy atom. The molecule has 0 unspecified atom stereocenters. The number of hydrogen-bond donors (Lipinski definition) is 1. The van der Waals surface area contributed by atoms with Gasteiger partial charge in [-0.25, -0.2) is 4.79 Å². The number of carboxylic acids is 1. The molecule has 0 spiro atoms. The summed E-state index contributed by atoms with van der Waals surface area (Å²) in [6, 6.07) is 11.0. The standard InChI is InChI=1S/C14H11N3O2S/c1-9-8-10(5-6-11(9)13(18)19)20-14-16-15-12-4-2-3-7-17(12)14/h2-8H,1H3,(H,18,19). The van der Waals surface area contributed by atoms with E-state index in [0.29, 0.717) is 5.56 Å². The van der Waals surface area contributed by atoms with Crippen molar-refractivity contribution in [1.82, 2.24) is 14.6 Å². The molecule has 3 rings (SSSR count). The molecule has 0 radical (unpaired) electrons. The summed E-state index contributed by atoms with van der Waals surface area (Å²) in [7, 11) is 0. The summed E-state index contributed by atoms with van der Waals surface area (Å²) in [6.45, 7) is 1.79. The summed E-state index contributed by atoms with van der Waals surface area (Å²) in [5.74, 6) is -0.910. The number of aromatic carboxylic acids is 1. The fourth-order valence-corrected chi connectivity index (χ4v) is 2.85. The van der Waals surface area contributed by atoms with Crippen molar-refractivity contribution < 1.29 is 9.90 Å². The molecule has 20 heavy (non-hydrogen) atoms. The second-order valence-corrected chi connectivity index (χ2v) is 5.34. The van der Waals surface area contributed by atoms with Gasteiger partial charge in [-0.1, -0.05) is 6.07 Å². The second-order valence-electron chi connectivity index (χ2n) is 4.30. The Morgan fingerprint density at radius 3 is 2.85 bits per heavy atom. The van der Waals surface area contributed by atoms with Crippen LogP contribution in [0.15, 0.2) is 52.6 Å². The predicted molar refractivity (Wildman–Crippen MR) is 75.2 cm³/mol. The first-order valence-corrected chi connectivity index (χ1v) is 6.78. The maximum Gasteiger partial charge on any atom is 0.335 e. The Kier molecular flexibility index (Phi) is 3.15. The summed E-state index contributed by atoms with van der Waals surface area (Å²) >= 11 is 1.45. The lowest BCUT2D eigenvalue weighted by molar-refractivity contribution is 0.0696. The normalized spacial score (nSPS) is 10.8. The first-order chi connectivity index (χ1) is 9.65. The maximum absolute atomic E-state index is 11.0. The van der Waals surface area contributed by atoms with Gasteiger partial charge >= 0.3 is 5.97 Å². The topological polar surface area (TPSA) is 67.5 Å². The van der Waals surface area contributed by atoms with Gasteiger partial charge in [-0.05, 0) is 54.6 Å². The third-order valence-electron chi connectivity index (χ3n) is 2.92. The van der Waals surface area contributed by atoms with Gasteiger partial charge in [0.15, 0.2) is 10.8 Å². The predicted octanol–water partition coefficient (Wildman–Crippen LogP) is 2.89. The van der Waals surface area contributed by atoms with Gasteiger partial charge in [0.25, 0.3) is 0 Å². The molecule has 0 saturated heterocycles. The van der Waals surface area contributed by atoms with Crippen LogP contribution < -0.4 is 0 Å². The minimum Gasteiger partial charge on any atom is -0.478 e. The highest BCUT2D eigenvalue weighted by atomic mass is 32.2. The Labute approximate surface area is 119 Å². The molecule has 1 aromatic carbocycles. The van der Waals surface area contributed by atoms with Crippen molar-refractivity contribution in [2.24, 2.45) is 0 Å². The van der Waals surface area contributed by atoms with Crippen LogP contribution in [-0.4, -0.2) is 25.7 Å². The third kappa shape index (κ3) is 2.25. The highest BCUT2D eigenvalue weighted by Gasteiger charge is 2.10. The minimum absolute atomic E-state index is 0.320. The number of carboxylic acid groups (broad SMARTS) is 1. The van der Waals surface area contributed by atoms with Crippen LogP contribution in [0.1, 0.15) is 15.9 Å². The summed E-state index contributed by atoms with van der Waals surface area (Å²) in [5, 5.41) is 18.0. The van der Waals surface area contributed by atoms with E-state index < -0.39 is 5.97 Å². The molecule has 0 aliphatic carbocycles. The second kappa shape index (κ2) is 4.97. The Hall–Kier alpha value is -2.34. The molecule has 0 bridgehead atoms. The fraction of sp³-hybridized carbons (Fsp3) is 0.0714. The van der Waals surface area contributed by atoms with Crippen LogP contribution in [0.5, 0.6) is 0 Å². The highest BCUT2D eigenvalue weighted by Crippen LogP contribution is 2.28. The van der Waals surface area contributed by atoms with Gasteiger partial charge in [0.1, 0.15) is 0 Å². The van der Waals surface area contributed by atoms with Crippen LogP contribution in [0.4, 0.5) is 0 Å². The number of rotatable bonds is 3. The van der Waals surface area contributed by atoms with Gasteiger partial charge in [0.2, 0.25) is 0 Å². The average molecular weight is 285 g/mol. The van der Waals surface area contributed by atoms with Gasteiger partial charge in [-0.2, -0.15) is 0 Å². The molecule has 2 aromatic heterocycles. The molecule has 5 nitrogen and oxygen atoms in total. The lowest BCUT2D eigenvalue weighted by atomic mass is 10.1. The van der Waals surface area contributed by atoms with Crippen LogP contribution in [0, 0.1) is 6.92 Å². The van der Waals surface area contributed by atoms with E-state index in [1.807, 2.05) is 34.9 Å². The van der Waals surface area contributed by atoms with E-state index >= 15 is 0 Å². The van der Waals surface area contributed by atoms with Gasteiger partial charge < -0.3 is 5.11 Å². The lowest BCUT2D eigenvalue weighted by Crippen LogP contribution is -1.99. The monoisotopic (exact) mass is 285 g/mol. The van der Waals surface area contributed by atoms with E-state index in [1.165, 1.54) is 11.8 Å². The number of pyridine rings is 1. The van der Waals surface area contributed by atoms with Crippen LogP contribution in [0.2, 0.25) is 0 Å². The zero-order valence-corrected chi connectivity index (χ0v) is 11.5. The zero-order chi connectivity index (χ0) is 14.1. The number of aryl methyl sites for hydroxylation is 1. The smallest absolute Gasteiger partial charge is 0.335 e. The Bertz CT molecular complexity index is 798. The summed E-state index contributed by atoms with van der Waals surface area (Å²) in [5.41, 5.74) is 1.84. The van der Waals surface area contributed by atoms with Crippen molar-refractivity contribution in [3.63, 3.8) is 0 Å². The van der Waals surface area contributed by atoms with Crippen molar-refractivity contribution in [1.29, 1.82) is 0 Å². The van der Waals surface area contributed by atoms with Gasteiger partial charge in [0.05, 0.1) is 5.56 Å². The van der Waals surface area contributed by atoms with Crippen molar-refractivity contribution in [2.75, 3.05) is 0 Å². The number of carbonyl (C=O) groups is 1. The van der Waals surface area contributed by atoms with Gasteiger partial charge in [0, 0.05) is 11.1 Å². The third-order valence-corrected chi connectivity index (χ3v) is 3.87. The van der Waals surface area contributed by atoms with E-state index in [9.17, 15) is 4.79 Å². The van der Waals surface area contributed by atoms with E-state index in [1.54, 1.807) is 19.1 Å². The van der Waals surface area contributed by atoms with Crippen molar-refractivity contribution in [3.8, 4) is 0 Å². The van der Waals surface area contributed by atoms with Crippen LogP contribution in [0.25, 0.3) is 5.65 Å². The number of fused-ring (bicyclic) bond motifs is 1. The minimum atomic E-state index is -0.910. The molecule has 3 aromatic rings. The molecule has 0 saturated carbocycles. The molecule has 0 aliphatic rings. The molecule has 100 valence electrons. The number of aromatic nitrogens is 3. The van der Waals surface area contributed by atoms with Crippen molar-refractivity contribution >= 4 is 23.4 Å². The highest BCUT2D eigenvalue weighted by molar-refractivity contribution is 7.99. The molecular weight excluding hydrogens is 274 g/mol. The molecule has 1 N–H and O–H groups in total. The summed E-state index contributed by atoms with van der Waals surface area (Å²) < 4.78 is 1.89. The number of benzene rings is 1. The van der Waals surface area contributed by atoms with Gasteiger partial charge in [-0.3, -0.25) is 4.40 Å².